The molecule has 2 aliphatic rings. The molecule has 152 valence electrons. The molecule has 2 saturated heterocycles. The van der Waals surface area contributed by atoms with Crippen LogP contribution in [-0.2, 0) is 0 Å². The zero-order valence-corrected chi connectivity index (χ0v) is 17.4. The van der Waals surface area contributed by atoms with Crippen molar-refractivity contribution >= 4 is 5.96 Å². The lowest BCUT2D eigenvalue weighted by Gasteiger charge is -2.30. The van der Waals surface area contributed by atoms with Gasteiger partial charge in [-0.3, -0.25) is 4.99 Å². The van der Waals surface area contributed by atoms with E-state index in [2.05, 4.69) is 32.3 Å². The molecule has 2 heterocycles. The summed E-state index contributed by atoms with van der Waals surface area (Å²) < 4.78 is 0. The van der Waals surface area contributed by atoms with Crippen molar-refractivity contribution in [1.29, 1.82) is 0 Å². The number of guanidine groups is 1. The van der Waals surface area contributed by atoms with Crippen LogP contribution in [0.3, 0.4) is 0 Å². The largest absolute Gasteiger partial charge is 0.356 e. The zero-order valence-electron chi connectivity index (χ0n) is 17.4. The van der Waals surface area contributed by atoms with E-state index in [-0.39, 0.29) is 0 Å². The van der Waals surface area contributed by atoms with Crippen LogP contribution in [0.25, 0.3) is 0 Å². The van der Waals surface area contributed by atoms with Gasteiger partial charge >= 0.3 is 0 Å². The van der Waals surface area contributed by atoms with Crippen molar-refractivity contribution in [2.45, 2.75) is 64.7 Å². The van der Waals surface area contributed by atoms with Crippen LogP contribution in [0.2, 0.25) is 0 Å². The maximum atomic E-state index is 4.35. The summed E-state index contributed by atoms with van der Waals surface area (Å²) in [4.78, 5) is 9.60. The fraction of sp³-hybridized carbons (Fsp3) is 0.952. The molecule has 0 bridgehead atoms. The number of rotatable bonds is 10. The molecule has 0 aromatic rings. The van der Waals surface area contributed by atoms with Crippen LogP contribution < -0.4 is 10.6 Å². The Hall–Kier alpha value is -0.810. The van der Waals surface area contributed by atoms with Crippen molar-refractivity contribution in [2.24, 2.45) is 10.9 Å². The highest BCUT2D eigenvalue weighted by molar-refractivity contribution is 5.79. The standard InChI is InChI=1S/C21H43N5/c1-20-10-18-26(19-11-20)17-9-13-24-21(22-2)23-12-5-3-6-14-25-15-7-4-8-16-25/h20H,3-19H2,1-2H3,(H2,22,23,24). The average molecular weight is 366 g/mol. The van der Waals surface area contributed by atoms with Gasteiger partial charge < -0.3 is 20.4 Å². The van der Waals surface area contributed by atoms with E-state index in [0.717, 1.165) is 25.0 Å². The highest BCUT2D eigenvalue weighted by atomic mass is 15.2. The van der Waals surface area contributed by atoms with Crippen molar-refractivity contribution in [3.8, 4) is 0 Å². The Balaban J connectivity index is 1.41. The maximum Gasteiger partial charge on any atom is 0.190 e. The smallest absolute Gasteiger partial charge is 0.190 e. The van der Waals surface area contributed by atoms with Gasteiger partial charge in [0.1, 0.15) is 0 Å². The molecule has 2 N–H and O–H groups in total. The molecule has 26 heavy (non-hydrogen) atoms. The zero-order chi connectivity index (χ0) is 18.5. The highest BCUT2D eigenvalue weighted by Gasteiger charge is 2.14. The molecule has 2 aliphatic heterocycles. The van der Waals surface area contributed by atoms with E-state index in [9.17, 15) is 0 Å². The number of nitrogens with zero attached hydrogens (tertiary/aromatic N) is 3. The summed E-state index contributed by atoms with van der Waals surface area (Å²) in [7, 11) is 1.87. The van der Waals surface area contributed by atoms with Crippen molar-refractivity contribution in [3.63, 3.8) is 0 Å². The van der Waals surface area contributed by atoms with Gasteiger partial charge in [0.05, 0.1) is 0 Å². The first-order valence-electron chi connectivity index (χ1n) is 11.2. The molecule has 2 rings (SSSR count). The van der Waals surface area contributed by atoms with Crippen LogP contribution in [0, 0.1) is 5.92 Å². The minimum Gasteiger partial charge on any atom is -0.356 e. The summed E-state index contributed by atoms with van der Waals surface area (Å²) in [6.45, 7) is 12.1. The summed E-state index contributed by atoms with van der Waals surface area (Å²) in [5.74, 6) is 1.89. The van der Waals surface area contributed by atoms with Crippen LogP contribution in [0.4, 0.5) is 0 Å². The predicted octanol–water partition coefficient (Wildman–Crippen LogP) is 2.93. The second-order valence-electron chi connectivity index (χ2n) is 8.27. The van der Waals surface area contributed by atoms with Crippen LogP contribution in [-0.4, -0.2) is 75.2 Å². The molecule has 5 heteroatoms. The third-order valence-electron chi connectivity index (χ3n) is 5.94. The lowest BCUT2D eigenvalue weighted by atomic mass is 9.99. The van der Waals surface area contributed by atoms with Crippen LogP contribution in [0.5, 0.6) is 0 Å². The molecule has 5 nitrogen and oxygen atoms in total. The minimum atomic E-state index is 0.923. The topological polar surface area (TPSA) is 42.9 Å². The van der Waals surface area contributed by atoms with Crippen molar-refractivity contribution in [3.05, 3.63) is 0 Å². The summed E-state index contributed by atoms with van der Waals surface area (Å²) in [6, 6.07) is 0. The van der Waals surface area contributed by atoms with E-state index in [1.165, 1.54) is 97.1 Å². The van der Waals surface area contributed by atoms with Gasteiger partial charge in [-0.15, -0.1) is 0 Å². The maximum absolute atomic E-state index is 4.35. The molecule has 2 fully saturated rings. The number of hydrogen-bond acceptors (Lipinski definition) is 3. The van der Waals surface area contributed by atoms with E-state index in [0.29, 0.717) is 0 Å². The van der Waals surface area contributed by atoms with Crippen LogP contribution in [0.15, 0.2) is 4.99 Å². The molecular weight excluding hydrogens is 322 g/mol. The van der Waals surface area contributed by atoms with Gasteiger partial charge in [0.25, 0.3) is 0 Å². The SMILES string of the molecule is CN=C(NCCCCCN1CCCCC1)NCCCN1CCC(C)CC1. The van der Waals surface area contributed by atoms with Gasteiger partial charge in [0, 0.05) is 20.1 Å². The molecule has 0 amide bonds. The molecule has 0 aromatic carbocycles. The van der Waals surface area contributed by atoms with Gasteiger partial charge in [0.15, 0.2) is 5.96 Å². The monoisotopic (exact) mass is 365 g/mol. The molecule has 0 atom stereocenters. The summed E-state index contributed by atoms with van der Waals surface area (Å²) in [6.07, 6.45) is 12.1. The Morgan fingerprint density at radius 2 is 1.42 bits per heavy atom. The second kappa shape index (κ2) is 13.4. The normalized spacial score (nSPS) is 21.1. The Kier molecular flexibility index (Phi) is 11.1. The van der Waals surface area contributed by atoms with Crippen LogP contribution in [0.1, 0.15) is 64.7 Å². The molecule has 0 radical (unpaired) electrons. The minimum absolute atomic E-state index is 0.923. The third-order valence-corrected chi connectivity index (χ3v) is 5.94. The first-order valence-corrected chi connectivity index (χ1v) is 11.2. The average Bonchev–Trinajstić information content (AvgIpc) is 2.68. The molecule has 0 aromatic heterocycles. The lowest BCUT2D eigenvalue weighted by molar-refractivity contribution is 0.191. The number of unbranched alkanes of at least 4 members (excludes halogenated alkanes) is 2. The van der Waals surface area contributed by atoms with Gasteiger partial charge in [-0.1, -0.05) is 19.8 Å². The third kappa shape index (κ3) is 9.22. The Bertz CT molecular complexity index is 371. The van der Waals surface area contributed by atoms with E-state index in [4.69, 9.17) is 0 Å². The Labute approximate surface area is 162 Å². The van der Waals surface area contributed by atoms with Gasteiger partial charge in [0.2, 0.25) is 0 Å². The lowest BCUT2D eigenvalue weighted by Crippen LogP contribution is -2.40. The Morgan fingerprint density at radius 3 is 2.12 bits per heavy atom. The van der Waals surface area contributed by atoms with E-state index in [1.807, 2.05) is 7.05 Å². The summed E-state index contributed by atoms with van der Waals surface area (Å²) in [5.41, 5.74) is 0. The number of likely N-dealkylation sites (tertiary alicyclic amines) is 2. The van der Waals surface area contributed by atoms with Gasteiger partial charge in [-0.25, -0.2) is 0 Å². The predicted molar refractivity (Wildman–Crippen MR) is 113 cm³/mol. The van der Waals surface area contributed by atoms with E-state index in [1.54, 1.807) is 0 Å². The van der Waals surface area contributed by atoms with E-state index >= 15 is 0 Å². The Morgan fingerprint density at radius 1 is 0.808 bits per heavy atom. The number of hydrogen-bond donors (Lipinski definition) is 2. The second-order valence-corrected chi connectivity index (χ2v) is 8.27. The number of nitrogens with one attached hydrogen (secondary N) is 2. The molecule has 0 saturated carbocycles. The molecular formula is C21H43N5. The van der Waals surface area contributed by atoms with Crippen molar-refractivity contribution in [1.82, 2.24) is 20.4 Å². The quantitative estimate of drug-likeness (QED) is 0.355. The van der Waals surface area contributed by atoms with Crippen LogP contribution >= 0.6 is 0 Å². The van der Waals surface area contributed by atoms with Crippen molar-refractivity contribution in [2.75, 3.05) is 59.4 Å². The first kappa shape index (κ1) is 21.5. The van der Waals surface area contributed by atoms with E-state index < -0.39 is 0 Å². The van der Waals surface area contributed by atoms with Crippen molar-refractivity contribution < 1.29 is 0 Å². The van der Waals surface area contributed by atoms with Gasteiger partial charge in [-0.2, -0.15) is 0 Å². The fourth-order valence-electron chi connectivity index (χ4n) is 4.04. The molecule has 0 unspecified atom stereocenters. The highest BCUT2D eigenvalue weighted by Crippen LogP contribution is 2.15. The fourth-order valence-corrected chi connectivity index (χ4v) is 4.04. The molecule has 0 aliphatic carbocycles. The number of piperidine rings is 2. The summed E-state index contributed by atoms with van der Waals surface area (Å²) >= 11 is 0. The molecule has 0 spiro atoms. The number of aliphatic imine (C=N–C) groups is 1. The summed E-state index contributed by atoms with van der Waals surface area (Å²) in [5, 5.41) is 6.93. The van der Waals surface area contributed by atoms with Gasteiger partial charge in [-0.05, 0) is 90.1 Å². The first-order chi connectivity index (χ1) is 12.8.